The summed E-state index contributed by atoms with van der Waals surface area (Å²) in [5.41, 5.74) is -3.95. The van der Waals surface area contributed by atoms with Crippen molar-refractivity contribution < 1.29 is 118 Å². The summed E-state index contributed by atoms with van der Waals surface area (Å²) in [5, 5.41) is 132. The number of aliphatic hydroxyl groups is 11. The smallest absolute Gasteiger partial charge is 0.317 e. The van der Waals surface area contributed by atoms with Crippen LogP contribution in [0.3, 0.4) is 0 Å². The molecule has 9 aliphatic rings. The highest BCUT2D eigenvalue weighted by Gasteiger charge is 2.73. The highest BCUT2D eigenvalue weighted by Crippen LogP contribution is 2.76. The summed E-state index contributed by atoms with van der Waals surface area (Å²) in [5.74, 6) is -4.55. The number of allylic oxidation sites excluding steroid dienone is 2. The van der Waals surface area contributed by atoms with Gasteiger partial charge in [0.15, 0.2) is 24.7 Å². The third kappa shape index (κ3) is 9.29. The lowest BCUT2D eigenvalue weighted by molar-refractivity contribution is -0.401. The maximum Gasteiger partial charge on any atom is 0.317 e. The quantitative estimate of drug-likeness (QED) is 0.0419. The van der Waals surface area contributed by atoms with Crippen LogP contribution in [0.2, 0.25) is 0 Å². The molecule has 0 radical (unpaired) electrons. The first-order chi connectivity index (χ1) is 36.0. The topological polar surface area (TPSA) is 388 Å². The first-order valence-corrected chi connectivity index (χ1v) is 27.0. The molecule has 5 aliphatic carbocycles. The van der Waals surface area contributed by atoms with Crippen LogP contribution in [-0.4, -0.2) is 216 Å². The fraction of sp³-hybridized carbons (Fsp3) is 0.887. The van der Waals surface area contributed by atoms with E-state index in [0.717, 1.165) is 11.9 Å². The van der Waals surface area contributed by atoms with Gasteiger partial charge < -0.3 is 109 Å². The Labute approximate surface area is 445 Å². The van der Waals surface area contributed by atoms with Crippen molar-refractivity contribution in [2.75, 3.05) is 13.2 Å². The summed E-state index contributed by atoms with van der Waals surface area (Å²) in [7, 11) is 0. The molecule has 0 amide bonds. The zero-order valence-electron chi connectivity index (χ0n) is 44.4. The fourth-order valence-corrected chi connectivity index (χ4v) is 16.0. The van der Waals surface area contributed by atoms with Crippen molar-refractivity contribution >= 4 is 24.0 Å². The van der Waals surface area contributed by atoms with Crippen LogP contribution in [0.15, 0.2) is 11.6 Å². The molecule has 8 fully saturated rings. The number of hydrogen-bond donors (Lipinski definition) is 11. The van der Waals surface area contributed by atoms with Crippen molar-refractivity contribution in [3.05, 3.63) is 11.6 Å². The van der Waals surface area contributed by atoms with Crippen LogP contribution >= 0.6 is 0 Å². The normalized spacial score (nSPS) is 53.6. The van der Waals surface area contributed by atoms with Crippen molar-refractivity contribution in [2.45, 2.75) is 229 Å². The number of esters is 1. The first-order valence-electron chi connectivity index (χ1n) is 27.0. The van der Waals surface area contributed by atoms with Crippen LogP contribution in [0.4, 0.5) is 0 Å². The Morgan fingerprint density at radius 3 is 2.06 bits per heavy atom. The Bertz CT molecular complexity index is 2260. The molecule has 0 aromatic carbocycles. The SMILES string of the molecule is C[C@H]1O[C@@H](OC(=O)[C@]23CCC(C)(C)C[C@H]2C2=CC[C@@H]4[C@@]5(C)CC[C@H](O[C@@H]6O[C@H](C(=O)[O-])[C@@H](O)[C@H](O[C@@H]7OC[C@@H](O)[C@H](O)[C@H]7O)[C@H]6O[C@@H]6O[C@H](CO)[C@H](O)[C@H](O)[C@H]6O)[C@@](C)(C=O)[C@@H]5CC[C@@]4(C)[C@]2(C)C[C@H]3O)[C@H](O)[C@@H](O)C1=O. The number of carboxylic acids is 1. The number of ether oxygens (including phenoxy) is 8. The Hall–Kier alpha value is -2.70. The number of carbonyl (C=O) groups is 4. The van der Waals surface area contributed by atoms with Gasteiger partial charge in [-0.05, 0) is 104 Å². The average molecular weight is 1100 g/mol. The molecular weight excluding hydrogens is 1020 g/mol. The second-order valence-electron chi connectivity index (χ2n) is 25.4. The molecule has 77 heavy (non-hydrogen) atoms. The highest BCUT2D eigenvalue weighted by atomic mass is 16.8. The summed E-state index contributed by atoms with van der Waals surface area (Å²) in [6.07, 6.45) is -29.1. The second-order valence-corrected chi connectivity index (χ2v) is 25.4. The van der Waals surface area contributed by atoms with Crippen molar-refractivity contribution in [3.8, 4) is 0 Å². The molecule has 11 N–H and O–H groups in total. The van der Waals surface area contributed by atoms with Crippen LogP contribution in [-0.2, 0) is 57.1 Å². The van der Waals surface area contributed by atoms with E-state index in [9.17, 15) is 80.5 Å². The number of aliphatic hydroxyl groups excluding tert-OH is 11. The minimum atomic E-state index is -2.25. The van der Waals surface area contributed by atoms with E-state index in [1.54, 1.807) is 6.92 Å². The summed E-state index contributed by atoms with van der Waals surface area (Å²) >= 11 is 0. The van der Waals surface area contributed by atoms with E-state index >= 15 is 0 Å². The second kappa shape index (κ2) is 20.9. The molecular formula is C53H79O24-. The predicted octanol–water partition coefficient (Wildman–Crippen LogP) is -3.25. The number of Topliss-reactive ketones (excluding diaryl/α,β-unsaturated/α-hetero) is 1. The minimum Gasteiger partial charge on any atom is -0.547 e. The van der Waals surface area contributed by atoms with Gasteiger partial charge in [-0.3, -0.25) is 9.59 Å². The molecule has 9 rings (SSSR count). The first kappa shape index (κ1) is 58.9. The maximum atomic E-state index is 14.8. The van der Waals surface area contributed by atoms with Crippen LogP contribution in [0, 0.1) is 50.2 Å². The molecule has 4 aliphatic heterocycles. The van der Waals surface area contributed by atoms with Crippen molar-refractivity contribution in [2.24, 2.45) is 50.2 Å². The van der Waals surface area contributed by atoms with Crippen molar-refractivity contribution in [1.82, 2.24) is 0 Å². The lowest BCUT2D eigenvalue weighted by atomic mass is 9.33. The third-order valence-electron chi connectivity index (χ3n) is 20.8. The van der Waals surface area contributed by atoms with Crippen LogP contribution in [0.5, 0.6) is 0 Å². The number of aldehydes is 1. The van der Waals surface area contributed by atoms with E-state index in [2.05, 4.69) is 40.7 Å². The molecule has 4 heterocycles. The largest absolute Gasteiger partial charge is 0.547 e. The molecule has 4 saturated carbocycles. The van der Waals surface area contributed by atoms with E-state index < -0.39 is 193 Å². The van der Waals surface area contributed by atoms with Gasteiger partial charge >= 0.3 is 5.97 Å². The molecule has 0 aromatic rings. The van der Waals surface area contributed by atoms with Gasteiger partial charge in [0.2, 0.25) is 6.29 Å². The maximum absolute atomic E-state index is 14.8. The van der Waals surface area contributed by atoms with E-state index in [0.29, 0.717) is 38.5 Å². The van der Waals surface area contributed by atoms with Gasteiger partial charge in [-0.25, -0.2) is 0 Å². The number of hydrogen-bond acceptors (Lipinski definition) is 24. The van der Waals surface area contributed by atoms with E-state index in [1.165, 1.54) is 6.92 Å². The van der Waals surface area contributed by atoms with Crippen LogP contribution < -0.4 is 5.11 Å². The van der Waals surface area contributed by atoms with E-state index in [4.69, 9.17) is 37.9 Å². The number of rotatable bonds is 11. The van der Waals surface area contributed by atoms with E-state index in [1.807, 2.05) is 0 Å². The lowest BCUT2D eigenvalue weighted by Crippen LogP contribution is -2.70. The Kier molecular flexibility index (Phi) is 16.0. The fourth-order valence-electron chi connectivity index (χ4n) is 16.0. The molecule has 0 unspecified atom stereocenters. The van der Waals surface area contributed by atoms with Crippen LogP contribution in [0.25, 0.3) is 0 Å². The minimum absolute atomic E-state index is 0.128. The van der Waals surface area contributed by atoms with Gasteiger partial charge in [-0.15, -0.1) is 0 Å². The molecule has 0 aromatic heterocycles. The zero-order chi connectivity index (χ0) is 56.4. The summed E-state index contributed by atoms with van der Waals surface area (Å²) in [6.45, 7) is 12.4. The highest BCUT2D eigenvalue weighted by molar-refractivity contribution is 5.88. The molecule has 0 spiro atoms. The van der Waals surface area contributed by atoms with Crippen molar-refractivity contribution in [1.29, 1.82) is 0 Å². The van der Waals surface area contributed by atoms with Crippen molar-refractivity contribution in [3.63, 3.8) is 0 Å². The van der Waals surface area contributed by atoms with Gasteiger partial charge in [0.05, 0.1) is 36.8 Å². The summed E-state index contributed by atoms with van der Waals surface area (Å²) < 4.78 is 47.3. The molecule has 0 bridgehead atoms. The standard InChI is InChI=1S/C53H80O24/c1-21-30(58)33(61)36(64)44(71-21)77-47(69)53-15-14-48(2,3)16-23(53)22-8-9-27-49(4)12-11-29(50(5,20-55)26(49)10-13-51(27,6)52(22,7)17-28(53)57)73-46-41(76-45-37(65)34(62)32(60)25(18-54)72-45)39(38(66)40(75-46)42(67)68)74-43-35(63)31(59)24(56)19-70-43/h8,20-21,23-29,31-41,43-46,54,56-57,59-66H,9-19H2,1-7H3,(H,67,68)/p-1/t21-,23+,24-,25-,26-,27-,28-,29+,31+,32+,33+,34+,35-,36-,37-,38+,39+,40+,41-,43+,44+,45+,46-,49+,50+,51-,52-,53-/m1/s1. The van der Waals surface area contributed by atoms with E-state index in [-0.39, 0.29) is 30.6 Å². The van der Waals surface area contributed by atoms with Gasteiger partial charge in [-0.2, -0.15) is 0 Å². The molecule has 24 nitrogen and oxygen atoms in total. The monoisotopic (exact) mass is 1100 g/mol. The van der Waals surface area contributed by atoms with Crippen LogP contribution in [0.1, 0.15) is 106 Å². The summed E-state index contributed by atoms with van der Waals surface area (Å²) in [6, 6.07) is 0. The molecule has 24 heteroatoms. The Balaban J connectivity index is 1.03. The Morgan fingerprint density at radius 1 is 0.727 bits per heavy atom. The molecule has 436 valence electrons. The lowest BCUT2D eigenvalue weighted by Gasteiger charge is -2.71. The number of carboxylic acid groups (broad SMARTS) is 1. The summed E-state index contributed by atoms with van der Waals surface area (Å²) in [4.78, 5) is 53.9. The molecule has 28 atom stereocenters. The average Bonchev–Trinajstić information content (AvgIpc) is 3.51. The number of carbonyl (C=O) groups excluding carboxylic acids is 4. The predicted molar refractivity (Wildman–Crippen MR) is 254 cm³/mol. The number of ketones is 1. The Morgan fingerprint density at radius 2 is 1.40 bits per heavy atom. The third-order valence-corrected chi connectivity index (χ3v) is 20.8. The van der Waals surface area contributed by atoms with Gasteiger partial charge in [0.25, 0.3) is 0 Å². The van der Waals surface area contributed by atoms with Gasteiger partial charge in [-0.1, -0.05) is 53.2 Å². The number of fused-ring (bicyclic) bond motifs is 7. The zero-order valence-corrected chi connectivity index (χ0v) is 44.4. The van der Waals surface area contributed by atoms with Gasteiger partial charge in [0.1, 0.15) is 97.2 Å². The molecule has 4 saturated heterocycles. The van der Waals surface area contributed by atoms with Gasteiger partial charge in [0, 0.05) is 0 Å². The number of aliphatic carboxylic acids is 1.